The highest BCUT2D eigenvalue weighted by molar-refractivity contribution is 5.94. The van der Waals surface area contributed by atoms with Crippen LogP contribution >= 0.6 is 0 Å². The number of hydrogen-bond acceptors (Lipinski definition) is 5. The zero-order chi connectivity index (χ0) is 20.2. The number of nitrogens with one attached hydrogen (secondary N) is 1. The Morgan fingerprint density at radius 3 is 2.59 bits per heavy atom. The molecule has 0 radical (unpaired) electrons. The Labute approximate surface area is 169 Å². The zero-order valence-electron chi connectivity index (χ0n) is 16.4. The highest BCUT2D eigenvalue weighted by Gasteiger charge is 2.12. The molecule has 6 heteroatoms. The topological polar surface area (TPSA) is 71.8 Å². The third kappa shape index (κ3) is 4.55. The molecule has 29 heavy (non-hydrogen) atoms. The summed E-state index contributed by atoms with van der Waals surface area (Å²) < 4.78 is 11.2. The highest BCUT2D eigenvalue weighted by atomic mass is 16.5. The van der Waals surface area contributed by atoms with Gasteiger partial charge in [-0.3, -0.25) is 14.5 Å². The van der Waals surface area contributed by atoms with Crippen molar-refractivity contribution in [3.63, 3.8) is 0 Å². The number of nitrogens with zero attached hydrogens (tertiary/aromatic N) is 1. The lowest BCUT2D eigenvalue weighted by Crippen LogP contribution is -2.41. The Bertz CT molecular complexity index is 1070. The van der Waals surface area contributed by atoms with Crippen LogP contribution in [0.1, 0.15) is 15.9 Å². The number of benzene rings is 2. The molecule has 3 aromatic rings. The third-order valence-electron chi connectivity index (χ3n) is 5.13. The second kappa shape index (κ2) is 8.59. The summed E-state index contributed by atoms with van der Waals surface area (Å²) in [5, 5.41) is 3.52. The summed E-state index contributed by atoms with van der Waals surface area (Å²) in [4.78, 5) is 27.1. The van der Waals surface area contributed by atoms with Gasteiger partial charge in [-0.05, 0) is 31.2 Å². The van der Waals surface area contributed by atoms with Gasteiger partial charge in [-0.2, -0.15) is 0 Å². The van der Waals surface area contributed by atoms with Crippen molar-refractivity contribution in [1.82, 2.24) is 10.2 Å². The molecule has 1 aliphatic rings. The first-order chi connectivity index (χ1) is 14.1. The molecule has 0 unspecified atom stereocenters. The van der Waals surface area contributed by atoms with Crippen molar-refractivity contribution in [1.29, 1.82) is 0 Å². The molecule has 1 amide bonds. The van der Waals surface area contributed by atoms with Crippen LogP contribution in [0, 0.1) is 6.92 Å². The molecule has 0 aliphatic carbocycles. The van der Waals surface area contributed by atoms with Crippen molar-refractivity contribution in [3.05, 3.63) is 69.9 Å². The molecule has 1 fully saturated rings. The molecular weight excluding hydrogens is 368 g/mol. The average Bonchev–Trinajstić information content (AvgIpc) is 2.75. The van der Waals surface area contributed by atoms with Gasteiger partial charge in [0.1, 0.15) is 11.3 Å². The van der Waals surface area contributed by atoms with E-state index in [-0.39, 0.29) is 11.3 Å². The predicted octanol–water partition coefficient (Wildman–Crippen LogP) is 2.83. The normalized spacial score (nSPS) is 14.8. The molecule has 150 valence electrons. The molecule has 0 bridgehead atoms. The molecule has 0 spiro atoms. The number of ether oxygens (including phenoxy) is 1. The maximum absolute atomic E-state index is 12.4. The quantitative estimate of drug-likeness (QED) is 0.723. The molecule has 1 aromatic heterocycles. The highest BCUT2D eigenvalue weighted by Crippen LogP contribution is 2.23. The van der Waals surface area contributed by atoms with Crippen LogP contribution in [0.2, 0.25) is 0 Å². The molecule has 2 heterocycles. The number of amides is 1. The molecular formula is C23H24N2O4. The first-order valence-corrected chi connectivity index (χ1v) is 9.83. The Balaban J connectivity index is 1.43. The van der Waals surface area contributed by atoms with Gasteiger partial charge in [0.05, 0.1) is 18.6 Å². The van der Waals surface area contributed by atoms with E-state index in [0.29, 0.717) is 28.8 Å². The summed E-state index contributed by atoms with van der Waals surface area (Å²) in [5.41, 5.74) is 2.84. The summed E-state index contributed by atoms with van der Waals surface area (Å²) in [5.74, 6) is 0.380. The molecule has 0 atom stereocenters. The van der Waals surface area contributed by atoms with Crippen LogP contribution < -0.4 is 10.7 Å². The van der Waals surface area contributed by atoms with Gasteiger partial charge in [0.2, 0.25) is 0 Å². The molecule has 1 aliphatic heterocycles. The largest absolute Gasteiger partial charge is 0.456 e. The Kier molecular flexibility index (Phi) is 5.74. The molecule has 6 nitrogen and oxygen atoms in total. The summed E-state index contributed by atoms with van der Waals surface area (Å²) in [7, 11) is 0. The van der Waals surface area contributed by atoms with Crippen molar-refractivity contribution >= 4 is 16.9 Å². The molecule has 4 rings (SSSR count). The van der Waals surface area contributed by atoms with Crippen molar-refractivity contribution < 1.29 is 13.9 Å². The van der Waals surface area contributed by atoms with E-state index in [9.17, 15) is 9.59 Å². The van der Waals surface area contributed by atoms with E-state index < -0.39 is 0 Å². The summed E-state index contributed by atoms with van der Waals surface area (Å²) in [6.45, 7) is 6.66. The van der Waals surface area contributed by atoms with Gasteiger partial charge in [0.25, 0.3) is 5.91 Å². The molecule has 1 saturated heterocycles. The summed E-state index contributed by atoms with van der Waals surface area (Å²) in [6, 6.07) is 14.2. The fourth-order valence-corrected chi connectivity index (χ4v) is 3.45. The number of rotatable bonds is 5. The fourth-order valence-electron chi connectivity index (χ4n) is 3.45. The van der Waals surface area contributed by atoms with Gasteiger partial charge in [-0.1, -0.05) is 23.8 Å². The van der Waals surface area contributed by atoms with E-state index in [4.69, 9.17) is 9.15 Å². The van der Waals surface area contributed by atoms with Crippen LogP contribution in [0.15, 0.2) is 57.7 Å². The minimum absolute atomic E-state index is 0.0742. The maximum atomic E-state index is 12.4. The second-order valence-electron chi connectivity index (χ2n) is 7.26. The average molecular weight is 392 g/mol. The van der Waals surface area contributed by atoms with Gasteiger partial charge < -0.3 is 14.5 Å². The number of morpholine rings is 1. The fraction of sp³-hybridized carbons (Fsp3) is 0.304. The number of hydrogen-bond donors (Lipinski definition) is 1. The van der Waals surface area contributed by atoms with Gasteiger partial charge in [-0.25, -0.2) is 0 Å². The van der Waals surface area contributed by atoms with Gasteiger partial charge in [0.15, 0.2) is 5.43 Å². The minimum atomic E-state index is -0.111. The SMILES string of the molecule is Cc1ccc2oc(-c3ccc(C(=O)NCCN4CCOCC4)cc3)cc(=O)c2c1. The monoisotopic (exact) mass is 392 g/mol. The van der Waals surface area contributed by atoms with E-state index >= 15 is 0 Å². The van der Waals surface area contributed by atoms with Gasteiger partial charge in [0, 0.05) is 43.4 Å². The predicted molar refractivity (Wildman–Crippen MR) is 112 cm³/mol. The van der Waals surface area contributed by atoms with Gasteiger partial charge >= 0.3 is 0 Å². The maximum Gasteiger partial charge on any atom is 0.251 e. The molecule has 2 aromatic carbocycles. The Morgan fingerprint density at radius 2 is 1.83 bits per heavy atom. The van der Waals surface area contributed by atoms with Crippen molar-refractivity contribution in [2.45, 2.75) is 6.92 Å². The molecule has 1 N–H and O–H groups in total. The van der Waals surface area contributed by atoms with Crippen LogP contribution in [-0.4, -0.2) is 50.2 Å². The first kappa shape index (κ1) is 19.4. The van der Waals surface area contributed by atoms with Crippen molar-refractivity contribution in [2.75, 3.05) is 39.4 Å². The van der Waals surface area contributed by atoms with Crippen molar-refractivity contribution in [2.24, 2.45) is 0 Å². The number of fused-ring (bicyclic) bond motifs is 1. The van der Waals surface area contributed by atoms with Crippen molar-refractivity contribution in [3.8, 4) is 11.3 Å². The zero-order valence-corrected chi connectivity index (χ0v) is 16.4. The van der Waals surface area contributed by atoms with Crippen LogP contribution in [-0.2, 0) is 4.74 Å². The number of carbonyl (C=O) groups excluding carboxylic acids is 1. The third-order valence-corrected chi connectivity index (χ3v) is 5.13. The van der Waals surface area contributed by atoms with E-state index in [1.807, 2.05) is 25.1 Å². The Morgan fingerprint density at radius 1 is 1.07 bits per heavy atom. The lowest BCUT2D eigenvalue weighted by Gasteiger charge is -2.26. The Hall–Kier alpha value is -2.96. The molecule has 0 saturated carbocycles. The first-order valence-electron chi connectivity index (χ1n) is 9.83. The lowest BCUT2D eigenvalue weighted by molar-refractivity contribution is 0.0383. The summed E-state index contributed by atoms with van der Waals surface area (Å²) in [6.07, 6.45) is 0. The van der Waals surface area contributed by atoms with E-state index in [1.165, 1.54) is 6.07 Å². The second-order valence-corrected chi connectivity index (χ2v) is 7.26. The van der Waals surface area contributed by atoms with E-state index in [2.05, 4.69) is 10.2 Å². The van der Waals surface area contributed by atoms with Crippen LogP contribution in [0.3, 0.4) is 0 Å². The van der Waals surface area contributed by atoms with E-state index in [1.54, 1.807) is 24.3 Å². The minimum Gasteiger partial charge on any atom is -0.456 e. The van der Waals surface area contributed by atoms with Crippen LogP contribution in [0.5, 0.6) is 0 Å². The number of aryl methyl sites for hydroxylation is 1. The summed E-state index contributed by atoms with van der Waals surface area (Å²) >= 11 is 0. The van der Waals surface area contributed by atoms with E-state index in [0.717, 1.165) is 44.0 Å². The van der Waals surface area contributed by atoms with Gasteiger partial charge in [-0.15, -0.1) is 0 Å². The lowest BCUT2D eigenvalue weighted by atomic mass is 10.1. The number of carbonyl (C=O) groups is 1. The standard InChI is InChI=1S/C23H24N2O4/c1-16-2-7-21-19(14-16)20(26)15-22(29-21)17-3-5-18(6-4-17)23(27)24-8-9-25-10-12-28-13-11-25/h2-7,14-15H,8-13H2,1H3,(H,24,27). The smallest absolute Gasteiger partial charge is 0.251 e. The van der Waals surface area contributed by atoms with Crippen LogP contribution in [0.25, 0.3) is 22.3 Å². The van der Waals surface area contributed by atoms with Crippen LogP contribution in [0.4, 0.5) is 0 Å².